The van der Waals surface area contributed by atoms with Gasteiger partial charge in [-0.2, -0.15) is 0 Å². The van der Waals surface area contributed by atoms with Gasteiger partial charge in [0.25, 0.3) is 0 Å². The SMILES string of the molecule is COc1cc(N[C@H]2CCCC[C@@H]2O)ccc1Cl. The molecule has 1 saturated carbocycles. The lowest BCUT2D eigenvalue weighted by atomic mass is 9.92. The van der Waals surface area contributed by atoms with Crippen molar-refractivity contribution in [3.63, 3.8) is 0 Å². The number of aliphatic hydroxyl groups is 1. The lowest BCUT2D eigenvalue weighted by molar-refractivity contribution is 0.116. The first kappa shape index (κ1) is 12.5. The van der Waals surface area contributed by atoms with Crippen molar-refractivity contribution in [1.82, 2.24) is 0 Å². The van der Waals surface area contributed by atoms with Crippen molar-refractivity contribution < 1.29 is 9.84 Å². The summed E-state index contributed by atoms with van der Waals surface area (Å²) in [6, 6.07) is 5.71. The molecule has 3 nitrogen and oxygen atoms in total. The number of nitrogens with one attached hydrogen (secondary N) is 1. The molecule has 0 aromatic heterocycles. The van der Waals surface area contributed by atoms with Crippen molar-refractivity contribution in [3.05, 3.63) is 23.2 Å². The maximum Gasteiger partial charge on any atom is 0.139 e. The quantitative estimate of drug-likeness (QED) is 0.872. The molecule has 17 heavy (non-hydrogen) atoms. The highest BCUT2D eigenvalue weighted by atomic mass is 35.5. The molecule has 4 heteroatoms. The van der Waals surface area contributed by atoms with E-state index >= 15 is 0 Å². The van der Waals surface area contributed by atoms with Crippen LogP contribution in [-0.4, -0.2) is 24.4 Å². The third-order valence-electron chi connectivity index (χ3n) is 3.23. The van der Waals surface area contributed by atoms with Gasteiger partial charge in [0.15, 0.2) is 0 Å². The Morgan fingerprint density at radius 2 is 2.12 bits per heavy atom. The standard InChI is InChI=1S/C13H18ClNO2/c1-17-13-8-9(6-7-10(13)14)15-11-4-2-3-5-12(11)16/h6-8,11-12,15-16H,2-5H2,1H3/t11-,12-/m0/s1. The Bertz CT molecular complexity index is 384. The predicted molar refractivity (Wildman–Crippen MR) is 69.9 cm³/mol. The topological polar surface area (TPSA) is 41.5 Å². The number of rotatable bonds is 3. The fourth-order valence-electron chi connectivity index (χ4n) is 2.24. The van der Waals surface area contributed by atoms with Crippen LogP contribution in [0.5, 0.6) is 5.75 Å². The first-order valence-corrected chi connectivity index (χ1v) is 6.36. The summed E-state index contributed by atoms with van der Waals surface area (Å²) in [5, 5.41) is 13.8. The van der Waals surface area contributed by atoms with Gasteiger partial charge in [0.05, 0.1) is 24.3 Å². The monoisotopic (exact) mass is 255 g/mol. The van der Waals surface area contributed by atoms with Gasteiger partial charge in [-0.25, -0.2) is 0 Å². The fourth-order valence-corrected chi connectivity index (χ4v) is 2.44. The molecule has 1 aliphatic carbocycles. The van der Waals surface area contributed by atoms with Gasteiger partial charge >= 0.3 is 0 Å². The van der Waals surface area contributed by atoms with Crippen LogP contribution in [0.4, 0.5) is 5.69 Å². The van der Waals surface area contributed by atoms with Crippen molar-refractivity contribution >= 4 is 17.3 Å². The van der Waals surface area contributed by atoms with E-state index in [1.165, 1.54) is 6.42 Å². The van der Waals surface area contributed by atoms with Crippen LogP contribution >= 0.6 is 11.6 Å². The molecule has 0 bridgehead atoms. The molecule has 1 fully saturated rings. The lowest BCUT2D eigenvalue weighted by Crippen LogP contribution is -2.36. The van der Waals surface area contributed by atoms with Crippen molar-refractivity contribution in [2.24, 2.45) is 0 Å². The molecule has 0 amide bonds. The first-order chi connectivity index (χ1) is 8.20. The number of halogens is 1. The third kappa shape index (κ3) is 3.05. The Morgan fingerprint density at radius 1 is 1.35 bits per heavy atom. The molecule has 94 valence electrons. The molecular weight excluding hydrogens is 238 g/mol. The zero-order chi connectivity index (χ0) is 12.3. The second-order valence-electron chi connectivity index (χ2n) is 4.45. The zero-order valence-corrected chi connectivity index (χ0v) is 10.7. The lowest BCUT2D eigenvalue weighted by Gasteiger charge is -2.29. The molecule has 1 aromatic carbocycles. The number of hydrogen-bond acceptors (Lipinski definition) is 3. The van der Waals surface area contributed by atoms with Gasteiger partial charge in [-0.1, -0.05) is 24.4 Å². The van der Waals surface area contributed by atoms with Gasteiger partial charge in [-0.15, -0.1) is 0 Å². The molecule has 2 atom stereocenters. The van der Waals surface area contributed by atoms with E-state index in [2.05, 4.69) is 5.32 Å². The highest BCUT2D eigenvalue weighted by Crippen LogP contribution is 2.29. The molecule has 0 radical (unpaired) electrons. The van der Waals surface area contributed by atoms with Crippen LogP contribution in [0.3, 0.4) is 0 Å². The summed E-state index contributed by atoms with van der Waals surface area (Å²) in [4.78, 5) is 0. The van der Waals surface area contributed by atoms with Gasteiger partial charge in [0.2, 0.25) is 0 Å². The van der Waals surface area contributed by atoms with Crippen LogP contribution < -0.4 is 10.1 Å². The van der Waals surface area contributed by atoms with Crippen LogP contribution in [0, 0.1) is 0 Å². The van der Waals surface area contributed by atoms with E-state index in [1.807, 2.05) is 12.1 Å². The number of aliphatic hydroxyl groups excluding tert-OH is 1. The molecule has 0 spiro atoms. The minimum absolute atomic E-state index is 0.134. The van der Waals surface area contributed by atoms with Crippen LogP contribution in [0.15, 0.2) is 18.2 Å². The summed E-state index contributed by atoms with van der Waals surface area (Å²) in [7, 11) is 1.60. The van der Waals surface area contributed by atoms with E-state index in [0.717, 1.165) is 24.9 Å². The maximum absolute atomic E-state index is 9.89. The maximum atomic E-state index is 9.89. The average Bonchev–Trinajstić information content (AvgIpc) is 2.34. The van der Waals surface area contributed by atoms with Gasteiger partial charge < -0.3 is 15.2 Å². The Balaban J connectivity index is 2.07. The van der Waals surface area contributed by atoms with Crippen molar-refractivity contribution in [2.45, 2.75) is 37.8 Å². The molecule has 0 saturated heterocycles. The second-order valence-corrected chi connectivity index (χ2v) is 4.86. The third-order valence-corrected chi connectivity index (χ3v) is 3.54. The number of ether oxygens (including phenoxy) is 1. The molecule has 2 N–H and O–H groups in total. The summed E-state index contributed by atoms with van der Waals surface area (Å²) in [5.41, 5.74) is 0.942. The summed E-state index contributed by atoms with van der Waals surface area (Å²) in [6.45, 7) is 0. The minimum atomic E-state index is -0.259. The molecule has 2 rings (SSSR count). The highest BCUT2D eigenvalue weighted by Gasteiger charge is 2.22. The predicted octanol–water partition coefficient (Wildman–Crippen LogP) is 3.06. The normalized spacial score (nSPS) is 24.4. The Kier molecular flexibility index (Phi) is 4.13. The van der Waals surface area contributed by atoms with E-state index < -0.39 is 0 Å². The number of benzene rings is 1. The Labute approximate surface area is 107 Å². The van der Waals surface area contributed by atoms with Gasteiger partial charge in [-0.05, 0) is 25.0 Å². The summed E-state index contributed by atoms with van der Waals surface area (Å²) in [5.74, 6) is 0.655. The van der Waals surface area contributed by atoms with E-state index in [-0.39, 0.29) is 12.1 Å². The van der Waals surface area contributed by atoms with Crippen molar-refractivity contribution in [2.75, 3.05) is 12.4 Å². The molecule has 0 heterocycles. The Hall–Kier alpha value is -0.930. The van der Waals surface area contributed by atoms with Crippen LogP contribution in [-0.2, 0) is 0 Å². The number of hydrogen-bond donors (Lipinski definition) is 2. The van der Waals surface area contributed by atoms with E-state index in [4.69, 9.17) is 16.3 Å². The molecule has 0 aliphatic heterocycles. The van der Waals surface area contributed by atoms with E-state index in [1.54, 1.807) is 13.2 Å². The number of anilines is 1. The van der Waals surface area contributed by atoms with E-state index in [9.17, 15) is 5.11 Å². The van der Waals surface area contributed by atoms with Crippen molar-refractivity contribution in [1.29, 1.82) is 0 Å². The van der Waals surface area contributed by atoms with E-state index in [0.29, 0.717) is 10.8 Å². The zero-order valence-electron chi connectivity index (χ0n) is 9.95. The Morgan fingerprint density at radius 3 is 2.82 bits per heavy atom. The first-order valence-electron chi connectivity index (χ1n) is 5.99. The van der Waals surface area contributed by atoms with Crippen LogP contribution in [0.1, 0.15) is 25.7 Å². The molecule has 1 aliphatic rings. The molecule has 1 aromatic rings. The average molecular weight is 256 g/mol. The van der Waals surface area contributed by atoms with Crippen LogP contribution in [0.2, 0.25) is 5.02 Å². The highest BCUT2D eigenvalue weighted by molar-refractivity contribution is 6.32. The minimum Gasteiger partial charge on any atom is -0.495 e. The largest absolute Gasteiger partial charge is 0.495 e. The number of methoxy groups -OCH3 is 1. The summed E-state index contributed by atoms with van der Waals surface area (Å²) < 4.78 is 5.17. The van der Waals surface area contributed by atoms with Crippen molar-refractivity contribution in [3.8, 4) is 5.75 Å². The second kappa shape index (κ2) is 5.61. The smallest absolute Gasteiger partial charge is 0.139 e. The molecule has 0 unspecified atom stereocenters. The van der Waals surface area contributed by atoms with Gasteiger partial charge in [-0.3, -0.25) is 0 Å². The van der Waals surface area contributed by atoms with Crippen LogP contribution in [0.25, 0.3) is 0 Å². The summed E-state index contributed by atoms with van der Waals surface area (Å²) in [6.07, 6.45) is 3.91. The summed E-state index contributed by atoms with van der Waals surface area (Å²) >= 11 is 5.97. The van der Waals surface area contributed by atoms with Gasteiger partial charge in [0.1, 0.15) is 5.75 Å². The molecular formula is C13H18ClNO2. The van der Waals surface area contributed by atoms with Gasteiger partial charge in [0, 0.05) is 11.8 Å². The fraction of sp³-hybridized carbons (Fsp3) is 0.538.